The first-order valence-corrected chi connectivity index (χ1v) is 8.44. The minimum Gasteiger partial charge on any atom is -0.494 e. The van der Waals surface area contributed by atoms with Crippen molar-refractivity contribution in [2.24, 2.45) is 0 Å². The lowest BCUT2D eigenvalue weighted by atomic mass is 10.0. The predicted molar refractivity (Wildman–Crippen MR) is 92.3 cm³/mol. The zero-order valence-corrected chi connectivity index (χ0v) is 15.2. The number of hydrogen-bond donors (Lipinski definition) is 0. The molecule has 2 aromatic rings. The number of alkyl halides is 1. The highest BCUT2D eigenvalue weighted by Gasteiger charge is 2.17. The highest BCUT2D eigenvalue weighted by molar-refractivity contribution is 9.11. The Bertz CT molecular complexity index is 613. The van der Waals surface area contributed by atoms with Crippen LogP contribution in [0.25, 0.3) is 0 Å². The van der Waals surface area contributed by atoms with Gasteiger partial charge in [0.25, 0.3) is 0 Å². The normalized spacial score (nSPS) is 12.2. The van der Waals surface area contributed by atoms with Crippen molar-refractivity contribution in [1.29, 1.82) is 0 Å². The molecule has 20 heavy (non-hydrogen) atoms. The highest BCUT2D eigenvalue weighted by Crippen LogP contribution is 2.39. The lowest BCUT2D eigenvalue weighted by molar-refractivity contribution is 0.340. The van der Waals surface area contributed by atoms with Crippen LogP contribution in [0.3, 0.4) is 0 Å². The molecule has 0 aliphatic rings. The van der Waals surface area contributed by atoms with Crippen LogP contribution in [0.5, 0.6) is 5.75 Å². The van der Waals surface area contributed by atoms with Crippen molar-refractivity contribution in [3.05, 3.63) is 62.6 Å². The van der Waals surface area contributed by atoms with Crippen molar-refractivity contribution in [3.8, 4) is 5.75 Å². The summed E-state index contributed by atoms with van der Waals surface area (Å²) in [7, 11) is 0. The minimum absolute atomic E-state index is 0.0891. The third-order valence-electron chi connectivity index (χ3n) is 3.14. The van der Waals surface area contributed by atoms with E-state index in [0.717, 1.165) is 26.4 Å². The van der Waals surface area contributed by atoms with Gasteiger partial charge in [0, 0.05) is 9.50 Å². The second-order valence-corrected chi connectivity index (χ2v) is 6.61. The van der Waals surface area contributed by atoms with Crippen LogP contribution in [-0.4, -0.2) is 6.61 Å². The zero-order valence-electron chi connectivity index (χ0n) is 11.3. The van der Waals surface area contributed by atoms with Crippen LogP contribution in [0.4, 0.5) is 0 Å². The van der Waals surface area contributed by atoms with Gasteiger partial charge in [0.05, 0.1) is 11.4 Å². The summed E-state index contributed by atoms with van der Waals surface area (Å²) in [5, 5.41) is 0.786. The molecule has 0 saturated carbocycles. The van der Waals surface area contributed by atoms with Crippen LogP contribution < -0.4 is 4.74 Å². The molecule has 0 spiro atoms. The van der Waals surface area contributed by atoms with Gasteiger partial charge in [0.2, 0.25) is 0 Å². The summed E-state index contributed by atoms with van der Waals surface area (Å²) in [6.45, 7) is 4.68. The third kappa shape index (κ3) is 3.38. The van der Waals surface area contributed by atoms with Crippen LogP contribution in [0.15, 0.2) is 40.9 Å². The Kier molecular flexibility index (Phi) is 5.53. The minimum atomic E-state index is 0.0891. The number of halogens is 3. The maximum Gasteiger partial charge on any atom is 0.120 e. The molecule has 2 aromatic carbocycles. The molecule has 0 amide bonds. The maximum atomic E-state index is 6.20. The molecule has 106 valence electrons. The summed E-state index contributed by atoms with van der Waals surface area (Å²) in [5.41, 5.74) is 3.41. The van der Waals surface area contributed by atoms with Crippen LogP contribution in [0.2, 0.25) is 5.02 Å². The van der Waals surface area contributed by atoms with E-state index in [1.165, 1.54) is 5.56 Å². The van der Waals surface area contributed by atoms with Crippen molar-refractivity contribution in [2.45, 2.75) is 18.7 Å². The fourth-order valence-corrected chi connectivity index (χ4v) is 4.01. The molecule has 1 atom stereocenters. The van der Waals surface area contributed by atoms with Gasteiger partial charge in [-0.15, -0.1) is 0 Å². The summed E-state index contributed by atoms with van der Waals surface area (Å²) >= 11 is 13.6. The van der Waals surface area contributed by atoms with E-state index in [2.05, 4.69) is 44.0 Å². The van der Waals surface area contributed by atoms with Crippen LogP contribution in [0.1, 0.15) is 28.4 Å². The molecule has 1 nitrogen and oxygen atoms in total. The molecule has 4 heteroatoms. The molecule has 0 radical (unpaired) electrons. The molecule has 0 bridgehead atoms. The Hall–Kier alpha value is -0.510. The van der Waals surface area contributed by atoms with Gasteiger partial charge in [0.1, 0.15) is 5.75 Å². The first-order valence-electron chi connectivity index (χ1n) is 6.36. The van der Waals surface area contributed by atoms with Crippen LogP contribution >= 0.6 is 43.5 Å². The predicted octanol–water partition coefficient (Wildman–Crippen LogP) is 6.29. The highest BCUT2D eigenvalue weighted by atomic mass is 79.9. The van der Waals surface area contributed by atoms with E-state index in [-0.39, 0.29) is 4.83 Å². The van der Waals surface area contributed by atoms with E-state index in [9.17, 15) is 0 Å². The van der Waals surface area contributed by atoms with Crippen LogP contribution in [-0.2, 0) is 0 Å². The first-order chi connectivity index (χ1) is 9.54. The van der Waals surface area contributed by atoms with Gasteiger partial charge in [-0.2, -0.15) is 0 Å². The molecule has 2 rings (SSSR count). The van der Waals surface area contributed by atoms with E-state index in [1.807, 2.05) is 38.1 Å². The Morgan fingerprint density at radius 3 is 2.60 bits per heavy atom. The van der Waals surface area contributed by atoms with Gasteiger partial charge >= 0.3 is 0 Å². The fourth-order valence-electron chi connectivity index (χ4n) is 2.04. The Labute approximate surface area is 141 Å². The molecule has 0 heterocycles. The van der Waals surface area contributed by atoms with Gasteiger partial charge in [-0.25, -0.2) is 0 Å². The van der Waals surface area contributed by atoms with E-state index in [0.29, 0.717) is 6.61 Å². The van der Waals surface area contributed by atoms with Crippen molar-refractivity contribution >= 4 is 43.5 Å². The molecule has 0 N–H and O–H groups in total. The lowest BCUT2D eigenvalue weighted by Gasteiger charge is -2.17. The standard InChI is InChI=1S/C16H15Br2ClO/c1-3-20-11-7-8-13(14(17)9-11)16(18)12-5-4-6-15(19)10(12)2/h4-9,16H,3H2,1-2H3. The summed E-state index contributed by atoms with van der Waals surface area (Å²) in [6.07, 6.45) is 0. The van der Waals surface area contributed by atoms with Crippen molar-refractivity contribution < 1.29 is 4.74 Å². The number of hydrogen-bond acceptors (Lipinski definition) is 1. The fraction of sp³-hybridized carbons (Fsp3) is 0.250. The molecule has 0 fully saturated rings. The zero-order chi connectivity index (χ0) is 14.7. The number of rotatable bonds is 4. The summed E-state index contributed by atoms with van der Waals surface area (Å²) in [6, 6.07) is 12.0. The molecule has 0 aromatic heterocycles. The van der Waals surface area contributed by atoms with E-state index in [1.54, 1.807) is 0 Å². The maximum absolute atomic E-state index is 6.20. The smallest absolute Gasteiger partial charge is 0.120 e. The third-order valence-corrected chi connectivity index (χ3v) is 5.22. The molecule has 1 unspecified atom stereocenters. The average Bonchev–Trinajstić information content (AvgIpc) is 2.42. The van der Waals surface area contributed by atoms with Gasteiger partial charge in [-0.3, -0.25) is 0 Å². The molecule has 0 saturated heterocycles. The van der Waals surface area contributed by atoms with Gasteiger partial charge < -0.3 is 4.74 Å². The SMILES string of the molecule is CCOc1ccc(C(Br)c2cccc(Cl)c2C)c(Br)c1. The lowest BCUT2D eigenvalue weighted by Crippen LogP contribution is -1.98. The largest absolute Gasteiger partial charge is 0.494 e. The van der Waals surface area contributed by atoms with Crippen molar-refractivity contribution in [1.82, 2.24) is 0 Å². The number of benzene rings is 2. The molecule has 0 aliphatic heterocycles. The first kappa shape index (κ1) is 15.9. The molecular formula is C16H15Br2ClO. The van der Waals surface area contributed by atoms with Gasteiger partial charge in [-0.1, -0.05) is 61.7 Å². The Morgan fingerprint density at radius 1 is 1.20 bits per heavy atom. The molecular weight excluding hydrogens is 403 g/mol. The van der Waals surface area contributed by atoms with Gasteiger partial charge in [0.15, 0.2) is 0 Å². The second-order valence-electron chi connectivity index (χ2n) is 4.43. The topological polar surface area (TPSA) is 9.23 Å². The van der Waals surface area contributed by atoms with Crippen LogP contribution in [0, 0.1) is 6.92 Å². The quantitative estimate of drug-likeness (QED) is 0.530. The summed E-state index contributed by atoms with van der Waals surface area (Å²) < 4.78 is 6.52. The molecule has 0 aliphatic carbocycles. The van der Waals surface area contributed by atoms with Gasteiger partial charge in [-0.05, 0) is 48.7 Å². The van der Waals surface area contributed by atoms with E-state index >= 15 is 0 Å². The second kappa shape index (κ2) is 6.97. The Morgan fingerprint density at radius 2 is 1.95 bits per heavy atom. The van der Waals surface area contributed by atoms with Crippen molar-refractivity contribution in [3.63, 3.8) is 0 Å². The Balaban J connectivity index is 2.38. The van der Waals surface area contributed by atoms with E-state index in [4.69, 9.17) is 16.3 Å². The summed E-state index contributed by atoms with van der Waals surface area (Å²) in [4.78, 5) is 0.0891. The average molecular weight is 419 g/mol. The van der Waals surface area contributed by atoms with Crippen molar-refractivity contribution in [2.75, 3.05) is 6.61 Å². The number of ether oxygens (including phenoxy) is 1. The summed E-state index contributed by atoms with van der Waals surface area (Å²) in [5.74, 6) is 0.866. The van der Waals surface area contributed by atoms with E-state index < -0.39 is 0 Å². The monoisotopic (exact) mass is 416 g/mol.